The predicted molar refractivity (Wildman–Crippen MR) is 96.8 cm³/mol. The molecule has 6 nitrogen and oxygen atoms in total. The van der Waals surface area contributed by atoms with Crippen LogP contribution in [0.2, 0.25) is 0 Å². The first kappa shape index (κ1) is 17.6. The molecule has 1 fully saturated rings. The van der Waals surface area contributed by atoms with E-state index in [2.05, 4.69) is 34.0 Å². The molecule has 1 unspecified atom stereocenters. The molecule has 1 atom stereocenters. The fourth-order valence-electron chi connectivity index (χ4n) is 3.48. The van der Waals surface area contributed by atoms with Crippen molar-refractivity contribution in [3.8, 4) is 0 Å². The van der Waals surface area contributed by atoms with Gasteiger partial charge in [-0.3, -0.25) is 14.4 Å². The minimum Gasteiger partial charge on any atom is -0.340 e. The standard InChI is InChI=1S/C19H27N5O/c1-16-6-3-4-8-18(16)12-22(2)19(25)13-23-9-5-7-17(10-23)11-24-15-20-14-21-24/h3-4,6,8,14-15,17H,5,7,9-13H2,1-2H3. The Hall–Kier alpha value is -2.21. The number of aryl methyl sites for hydroxylation is 1. The highest BCUT2D eigenvalue weighted by Gasteiger charge is 2.23. The second-order valence-corrected chi connectivity index (χ2v) is 7.04. The minimum absolute atomic E-state index is 0.185. The number of rotatable bonds is 6. The molecule has 1 amide bonds. The number of amides is 1. The summed E-state index contributed by atoms with van der Waals surface area (Å²) in [5.41, 5.74) is 2.44. The number of likely N-dealkylation sites (N-methyl/N-ethyl adjacent to an activating group) is 1. The van der Waals surface area contributed by atoms with Gasteiger partial charge >= 0.3 is 0 Å². The molecule has 0 radical (unpaired) electrons. The summed E-state index contributed by atoms with van der Waals surface area (Å²) in [4.78, 5) is 20.7. The Balaban J connectivity index is 1.50. The molecular weight excluding hydrogens is 314 g/mol. The summed E-state index contributed by atoms with van der Waals surface area (Å²) in [7, 11) is 1.89. The zero-order valence-electron chi connectivity index (χ0n) is 15.1. The van der Waals surface area contributed by atoms with Crippen molar-refractivity contribution in [3.05, 3.63) is 48.0 Å². The van der Waals surface area contributed by atoms with Crippen molar-refractivity contribution in [1.82, 2.24) is 24.6 Å². The first-order valence-corrected chi connectivity index (χ1v) is 8.95. The number of nitrogens with zero attached hydrogens (tertiary/aromatic N) is 5. The highest BCUT2D eigenvalue weighted by atomic mass is 16.2. The van der Waals surface area contributed by atoms with Gasteiger partial charge in [0.25, 0.3) is 0 Å². The van der Waals surface area contributed by atoms with Gasteiger partial charge in [-0.1, -0.05) is 24.3 Å². The molecule has 0 bridgehead atoms. The van der Waals surface area contributed by atoms with Crippen LogP contribution in [0, 0.1) is 12.8 Å². The molecule has 6 heteroatoms. The highest BCUT2D eigenvalue weighted by Crippen LogP contribution is 2.18. The molecule has 25 heavy (non-hydrogen) atoms. The zero-order chi connectivity index (χ0) is 17.6. The Labute approximate surface area is 149 Å². The third kappa shape index (κ3) is 4.89. The largest absolute Gasteiger partial charge is 0.340 e. The van der Waals surface area contributed by atoms with E-state index in [1.54, 1.807) is 12.7 Å². The maximum absolute atomic E-state index is 12.6. The summed E-state index contributed by atoms with van der Waals surface area (Å²) >= 11 is 0. The van der Waals surface area contributed by atoms with Gasteiger partial charge in [-0.15, -0.1) is 0 Å². The highest BCUT2D eigenvalue weighted by molar-refractivity contribution is 5.78. The Morgan fingerprint density at radius 3 is 2.96 bits per heavy atom. The van der Waals surface area contributed by atoms with Crippen LogP contribution in [0.25, 0.3) is 0 Å². The average Bonchev–Trinajstić information content (AvgIpc) is 3.10. The number of carbonyl (C=O) groups is 1. The van der Waals surface area contributed by atoms with Crippen LogP contribution in [-0.2, 0) is 17.9 Å². The topological polar surface area (TPSA) is 54.3 Å². The Bertz CT molecular complexity index is 685. The molecule has 1 aromatic heterocycles. The van der Waals surface area contributed by atoms with E-state index in [4.69, 9.17) is 0 Å². The van der Waals surface area contributed by atoms with Gasteiger partial charge in [0.1, 0.15) is 12.7 Å². The predicted octanol–water partition coefficient (Wildman–Crippen LogP) is 1.96. The smallest absolute Gasteiger partial charge is 0.236 e. The number of benzene rings is 1. The van der Waals surface area contributed by atoms with Crippen LogP contribution in [0.1, 0.15) is 24.0 Å². The molecule has 2 heterocycles. The van der Waals surface area contributed by atoms with Crippen LogP contribution in [-0.4, -0.2) is 57.2 Å². The number of hydrogen-bond acceptors (Lipinski definition) is 4. The van der Waals surface area contributed by atoms with Crippen molar-refractivity contribution in [2.75, 3.05) is 26.7 Å². The van der Waals surface area contributed by atoms with Crippen LogP contribution in [0.5, 0.6) is 0 Å². The van der Waals surface area contributed by atoms with Crippen molar-refractivity contribution in [2.45, 2.75) is 32.9 Å². The van der Waals surface area contributed by atoms with Gasteiger partial charge in [0.15, 0.2) is 0 Å². The summed E-state index contributed by atoms with van der Waals surface area (Å²) < 4.78 is 1.89. The number of piperidine rings is 1. The number of carbonyl (C=O) groups excluding carboxylic acids is 1. The molecule has 3 rings (SSSR count). The van der Waals surface area contributed by atoms with Crippen LogP contribution >= 0.6 is 0 Å². The van der Waals surface area contributed by atoms with Crippen LogP contribution in [0.4, 0.5) is 0 Å². The minimum atomic E-state index is 0.185. The lowest BCUT2D eigenvalue weighted by atomic mass is 9.98. The van der Waals surface area contributed by atoms with Gasteiger partial charge in [-0.25, -0.2) is 4.98 Å². The molecule has 0 aliphatic carbocycles. The fourth-order valence-corrected chi connectivity index (χ4v) is 3.48. The van der Waals surface area contributed by atoms with Crippen molar-refractivity contribution in [2.24, 2.45) is 5.92 Å². The van der Waals surface area contributed by atoms with Gasteiger partial charge in [0.2, 0.25) is 5.91 Å². The molecule has 1 aromatic carbocycles. The molecular formula is C19H27N5O. The quantitative estimate of drug-likeness (QED) is 0.806. The Kier molecular flexibility index (Phi) is 5.81. The second kappa shape index (κ2) is 8.25. The van der Waals surface area contributed by atoms with E-state index in [0.29, 0.717) is 19.0 Å². The molecule has 2 aromatic rings. The molecule has 0 spiro atoms. The van der Waals surface area contributed by atoms with Crippen LogP contribution < -0.4 is 0 Å². The number of aromatic nitrogens is 3. The summed E-state index contributed by atoms with van der Waals surface area (Å²) in [6.07, 6.45) is 5.66. The second-order valence-electron chi connectivity index (χ2n) is 7.04. The lowest BCUT2D eigenvalue weighted by molar-refractivity contribution is -0.132. The monoisotopic (exact) mass is 341 g/mol. The first-order chi connectivity index (χ1) is 12.1. The summed E-state index contributed by atoms with van der Waals surface area (Å²) in [5, 5.41) is 4.19. The maximum atomic E-state index is 12.6. The maximum Gasteiger partial charge on any atom is 0.236 e. The van der Waals surface area contributed by atoms with Gasteiger partial charge < -0.3 is 4.90 Å². The third-order valence-corrected chi connectivity index (χ3v) is 4.97. The Morgan fingerprint density at radius 1 is 1.36 bits per heavy atom. The summed E-state index contributed by atoms with van der Waals surface area (Å²) in [6, 6.07) is 8.24. The van der Waals surface area contributed by atoms with Gasteiger partial charge in [-0.05, 0) is 43.4 Å². The van der Waals surface area contributed by atoms with Crippen molar-refractivity contribution in [1.29, 1.82) is 0 Å². The lowest BCUT2D eigenvalue weighted by Crippen LogP contribution is -2.43. The van der Waals surface area contributed by atoms with E-state index in [1.165, 1.54) is 17.5 Å². The zero-order valence-corrected chi connectivity index (χ0v) is 15.1. The Morgan fingerprint density at radius 2 is 2.20 bits per heavy atom. The molecule has 1 aliphatic heterocycles. The average molecular weight is 341 g/mol. The molecule has 134 valence electrons. The van der Waals surface area contributed by atoms with Gasteiger partial charge in [0.05, 0.1) is 6.54 Å². The van der Waals surface area contributed by atoms with Crippen molar-refractivity contribution < 1.29 is 4.79 Å². The van der Waals surface area contributed by atoms with Crippen molar-refractivity contribution >= 4 is 5.91 Å². The number of likely N-dealkylation sites (tertiary alicyclic amines) is 1. The fraction of sp³-hybridized carbons (Fsp3) is 0.526. The van der Waals surface area contributed by atoms with Crippen LogP contribution in [0.3, 0.4) is 0 Å². The van der Waals surface area contributed by atoms with Gasteiger partial charge in [-0.2, -0.15) is 5.10 Å². The molecule has 0 N–H and O–H groups in total. The van der Waals surface area contributed by atoms with E-state index in [0.717, 1.165) is 26.1 Å². The lowest BCUT2D eigenvalue weighted by Gasteiger charge is -2.33. The van der Waals surface area contributed by atoms with E-state index < -0.39 is 0 Å². The van der Waals surface area contributed by atoms with Crippen LogP contribution in [0.15, 0.2) is 36.9 Å². The third-order valence-electron chi connectivity index (χ3n) is 4.97. The molecule has 1 saturated heterocycles. The molecule has 1 aliphatic rings. The van der Waals surface area contributed by atoms with E-state index >= 15 is 0 Å². The normalized spacial score (nSPS) is 18.2. The molecule has 0 saturated carbocycles. The summed E-state index contributed by atoms with van der Waals surface area (Å²) in [6.45, 7) is 6.08. The summed E-state index contributed by atoms with van der Waals surface area (Å²) in [5.74, 6) is 0.717. The number of hydrogen-bond donors (Lipinski definition) is 0. The van der Waals surface area contributed by atoms with E-state index in [-0.39, 0.29) is 5.91 Å². The van der Waals surface area contributed by atoms with Crippen molar-refractivity contribution in [3.63, 3.8) is 0 Å². The SMILES string of the molecule is Cc1ccccc1CN(C)C(=O)CN1CCCC(Cn2cncn2)C1. The van der Waals surface area contributed by atoms with Gasteiger partial charge in [0, 0.05) is 26.7 Å². The van der Waals surface area contributed by atoms with E-state index in [1.807, 2.05) is 28.8 Å². The van der Waals surface area contributed by atoms with E-state index in [9.17, 15) is 4.79 Å². The first-order valence-electron chi connectivity index (χ1n) is 8.95.